The second-order valence-corrected chi connectivity index (χ2v) is 5.90. The van der Waals surface area contributed by atoms with E-state index in [0.717, 1.165) is 22.1 Å². The fourth-order valence-corrected chi connectivity index (χ4v) is 2.97. The van der Waals surface area contributed by atoms with Gasteiger partial charge in [-0.3, -0.25) is 4.79 Å². The summed E-state index contributed by atoms with van der Waals surface area (Å²) in [5, 5.41) is 2.14. The van der Waals surface area contributed by atoms with Crippen molar-refractivity contribution in [1.29, 1.82) is 0 Å². The summed E-state index contributed by atoms with van der Waals surface area (Å²) in [6.07, 6.45) is 3.37. The molecule has 0 aliphatic heterocycles. The molecule has 0 fully saturated rings. The Hall–Kier alpha value is -3.27. The molecule has 0 radical (unpaired) electrons. The highest BCUT2D eigenvalue weighted by atomic mass is 16.5. The highest BCUT2D eigenvalue weighted by molar-refractivity contribution is 6.08. The van der Waals surface area contributed by atoms with Crippen molar-refractivity contribution in [2.45, 2.75) is 6.92 Å². The molecular formula is C23H22O4. The van der Waals surface area contributed by atoms with E-state index in [1.54, 1.807) is 38.5 Å². The average molecular weight is 362 g/mol. The summed E-state index contributed by atoms with van der Waals surface area (Å²) < 4.78 is 16.2. The van der Waals surface area contributed by atoms with E-state index < -0.39 is 0 Å². The van der Waals surface area contributed by atoms with Gasteiger partial charge < -0.3 is 14.2 Å². The molecule has 0 atom stereocenters. The maximum absolute atomic E-state index is 12.7. The zero-order valence-corrected chi connectivity index (χ0v) is 15.7. The molecular weight excluding hydrogens is 340 g/mol. The predicted octanol–water partition coefficient (Wildman–Crippen LogP) is 5.15. The number of carbonyl (C=O) groups excluding carboxylic acids is 1. The summed E-state index contributed by atoms with van der Waals surface area (Å²) in [7, 11) is 3.11. The highest BCUT2D eigenvalue weighted by Crippen LogP contribution is 2.30. The van der Waals surface area contributed by atoms with Crippen molar-refractivity contribution in [3.05, 3.63) is 71.8 Å². The lowest BCUT2D eigenvalue weighted by Gasteiger charge is -2.11. The minimum atomic E-state index is -0.119. The summed E-state index contributed by atoms with van der Waals surface area (Å²) >= 11 is 0. The molecule has 0 amide bonds. The van der Waals surface area contributed by atoms with Gasteiger partial charge in [0.1, 0.15) is 5.75 Å². The fourth-order valence-electron chi connectivity index (χ4n) is 2.97. The van der Waals surface area contributed by atoms with Crippen molar-refractivity contribution in [1.82, 2.24) is 0 Å². The van der Waals surface area contributed by atoms with E-state index in [1.165, 1.54) is 0 Å². The second kappa shape index (κ2) is 8.41. The van der Waals surface area contributed by atoms with Crippen molar-refractivity contribution in [3.63, 3.8) is 0 Å². The number of fused-ring (bicyclic) bond motifs is 1. The van der Waals surface area contributed by atoms with Crippen LogP contribution in [0.2, 0.25) is 0 Å². The fraction of sp³-hybridized carbons (Fsp3) is 0.174. The third-order valence-corrected chi connectivity index (χ3v) is 4.30. The van der Waals surface area contributed by atoms with Gasteiger partial charge in [-0.1, -0.05) is 30.3 Å². The van der Waals surface area contributed by atoms with E-state index >= 15 is 0 Å². The number of hydrogen-bond donors (Lipinski definition) is 0. The summed E-state index contributed by atoms with van der Waals surface area (Å²) in [6.45, 7) is 2.50. The number of hydrogen-bond acceptors (Lipinski definition) is 4. The molecule has 0 N–H and O–H groups in total. The quantitative estimate of drug-likeness (QED) is 0.431. The normalized spacial score (nSPS) is 10.9. The van der Waals surface area contributed by atoms with Crippen LogP contribution < -0.4 is 14.2 Å². The molecule has 0 saturated heterocycles. The SMILES string of the molecule is CCOc1ccc2ccccc2c1/C=C/C(=O)c1ccc(OC)c(OC)c1. The van der Waals surface area contributed by atoms with Gasteiger partial charge in [0, 0.05) is 11.1 Å². The standard InChI is InChI=1S/C23H22O4/c1-4-27-21-13-9-16-7-5-6-8-18(16)19(21)11-12-20(24)17-10-14-22(25-2)23(15-17)26-3/h5-15H,4H2,1-3H3/b12-11+. The van der Waals surface area contributed by atoms with Crippen LogP contribution in [0.4, 0.5) is 0 Å². The van der Waals surface area contributed by atoms with Crippen LogP contribution in [0.25, 0.3) is 16.8 Å². The minimum absolute atomic E-state index is 0.119. The lowest BCUT2D eigenvalue weighted by atomic mass is 10.0. The summed E-state index contributed by atoms with van der Waals surface area (Å²) in [4.78, 5) is 12.7. The molecule has 0 unspecified atom stereocenters. The lowest BCUT2D eigenvalue weighted by Crippen LogP contribution is -1.98. The Morgan fingerprint density at radius 2 is 1.67 bits per heavy atom. The first-order valence-corrected chi connectivity index (χ1v) is 8.77. The maximum Gasteiger partial charge on any atom is 0.185 e. The lowest BCUT2D eigenvalue weighted by molar-refractivity contribution is 0.104. The highest BCUT2D eigenvalue weighted by Gasteiger charge is 2.10. The van der Waals surface area contributed by atoms with E-state index in [4.69, 9.17) is 14.2 Å². The van der Waals surface area contributed by atoms with Crippen LogP contribution >= 0.6 is 0 Å². The monoisotopic (exact) mass is 362 g/mol. The van der Waals surface area contributed by atoms with Gasteiger partial charge in [-0.25, -0.2) is 0 Å². The van der Waals surface area contributed by atoms with Crippen molar-refractivity contribution >= 4 is 22.6 Å². The van der Waals surface area contributed by atoms with Crippen molar-refractivity contribution < 1.29 is 19.0 Å². The molecule has 3 aromatic carbocycles. The van der Waals surface area contributed by atoms with Gasteiger partial charge in [-0.05, 0) is 54.1 Å². The number of rotatable bonds is 7. The molecule has 0 saturated carbocycles. The number of allylic oxidation sites excluding steroid dienone is 1. The van der Waals surface area contributed by atoms with Crippen LogP contribution in [0.5, 0.6) is 17.2 Å². The second-order valence-electron chi connectivity index (χ2n) is 5.90. The van der Waals surface area contributed by atoms with Crippen LogP contribution in [0.15, 0.2) is 60.7 Å². The molecule has 3 rings (SSSR count). The van der Waals surface area contributed by atoms with E-state index in [9.17, 15) is 4.79 Å². The number of carbonyl (C=O) groups is 1. The van der Waals surface area contributed by atoms with Crippen LogP contribution in [0, 0.1) is 0 Å². The van der Waals surface area contributed by atoms with Gasteiger partial charge >= 0.3 is 0 Å². The van der Waals surface area contributed by atoms with E-state index in [1.807, 2.05) is 49.4 Å². The van der Waals surface area contributed by atoms with Gasteiger partial charge in [-0.2, -0.15) is 0 Å². The van der Waals surface area contributed by atoms with Crippen molar-refractivity contribution in [2.75, 3.05) is 20.8 Å². The van der Waals surface area contributed by atoms with Crippen molar-refractivity contribution in [2.24, 2.45) is 0 Å². The Balaban J connectivity index is 1.98. The Morgan fingerprint density at radius 1 is 0.926 bits per heavy atom. The van der Waals surface area contributed by atoms with Crippen molar-refractivity contribution in [3.8, 4) is 17.2 Å². The first-order chi connectivity index (χ1) is 13.2. The van der Waals surface area contributed by atoms with E-state index in [0.29, 0.717) is 23.7 Å². The van der Waals surface area contributed by atoms with Crippen LogP contribution in [-0.4, -0.2) is 26.6 Å². The zero-order valence-electron chi connectivity index (χ0n) is 15.7. The summed E-state index contributed by atoms with van der Waals surface area (Å²) in [5.74, 6) is 1.75. The van der Waals surface area contributed by atoms with Crippen LogP contribution in [0.3, 0.4) is 0 Å². The van der Waals surface area contributed by atoms with Crippen LogP contribution in [0.1, 0.15) is 22.8 Å². The summed E-state index contributed by atoms with van der Waals surface area (Å²) in [5.41, 5.74) is 1.42. The number of benzene rings is 3. The molecule has 4 nitrogen and oxygen atoms in total. The molecule has 138 valence electrons. The third-order valence-electron chi connectivity index (χ3n) is 4.30. The summed E-state index contributed by atoms with van der Waals surface area (Å²) in [6, 6.07) is 17.1. The Morgan fingerprint density at radius 3 is 2.41 bits per heavy atom. The minimum Gasteiger partial charge on any atom is -0.493 e. The number of ether oxygens (including phenoxy) is 3. The molecule has 0 aliphatic carbocycles. The van der Waals surface area contributed by atoms with Gasteiger partial charge in [-0.15, -0.1) is 0 Å². The Labute approximate surface area is 159 Å². The third kappa shape index (κ3) is 3.95. The largest absolute Gasteiger partial charge is 0.493 e. The van der Waals surface area contributed by atoms with E-state index in [2.05, 4.69) is 0 Å². The molecule has 27 heavy (non-hydrogen) atoms. The molecule has 3 aromatic rings. The maximum atomic E-state index is 12.7. The van der Waals surface area contributed by atoms with Gasteiger partial charge in [0.25, 0.3) is 0 Å². The van der Waals surface area contributed by atoms with Gasteiger partial charge in [0.2, 0.25) is 0 Å². The molecule has 0 aromatic heterocycles. The average Bonchev–Trinajstić information content (AvgIpc) is 2.72. The molecule has 0 spiro atoms. The first-order valence-electron chi connectivity index (χ1n) is 8.77. The number of ketones is 1. The smallest absolute Gasteiger partial charge is 0.185 e. The number of methoxy groups -OCH3 is 2. The van der Waals surface area contributed by atoms with Gasteiger partial charge in [0.05, 0.1) is 20.8 Å². The topological polar surface area (TPSA) is 44.8 Å². The van der Waals surface area contributed by atoms with Crippen LogP contribution in [-0.2, 0) is 0 Å². The molecule has 0 bridgehead atoms. The molecule has 0 aliphatic rings. The zero-order chi connectivity index (χ0) is 19.2. The van der Waals surface area contributed by atoms with E-state index in [-0.39, 0.29) is 5.78 Å². The molecule has 4 heteroatoms. The predicted molar refractivity (Wildman–Crippen MR) is 108 cm³/mol. The van der Waals surface area contributed by atoms with Gasteiger partial charge in [0.15, 0.2) is 17.3 Å². The first kappa shape index (κ1) is 18.5. The molecule has 0 heterocycles. The Bertz CT molecular complexity index is 989. The Kier molecular flexibility index (Phi) is 5.77.